The molecule has 3 aliphatic carbocycles. The lowest BCUT2D eigenvalue weighted by Gasteiger charge is -2.39. The summed E-state index contributed by atoms with van der Waals surface area (Å²) in [6.45, 7) is 0.270. The Bertz CT molecular complexity index is 2210. The molecule has 0 radical (unpaired) electrons. The van der Waals surface area contributed by atoms with Crippen LogP contribution in [-0.2, 0) is 23.7 Å². The normalized spacial score (nSPS) is 20.5. The molecule has 2 heterocycles. The lowest BCUT2D eigenvalue weighted by Crippen LogP contribution is -2.50. The van der Waals surface area contributed by atoms with Gasteiger partial charge in [-0.3, -0.25) is 14.3 Å². The van der Waals surface area contributed by atoms with Crippen LogP contribution in [0.5, 0.6) is 0 Å². The van der Waals surface area contributed by atoms with Gasteiger partial charge in [0.1, 0.15) is 46.7 Å². The lowest BCUT2D eigenvalue weighted by atomic mass is 9.77. The van der Waals surface area contributed by atoms with Gasteiger partial charge in [-0.2, -0.15) is 13.9 Å². The molecule has 3 atom stereocenters. The van der Waals surface area contributed by atoms with Crippen molar-refractivity contribution in [3.05, 3.63) is 105 Å². The van der Waals surface area contributed by atoms with E-state index < -0.39 is 108 Å². The molecule has 1 N–H and O–H groups in total. The largest absolute Gasteiger partial charge is 0.377 e. The topological polar surface area (TPSA) is 85.1 Å². The number of halogens is 9. The zero-order valence-electron chi connectivity index (χ0n) is 27.7. The molecular weight excluding hydrogens is 717 g/mol. The Morgan fingerprint density at radius 1 is 0.981 bits per heavy atom. The number of rotatable bonds is 10. The monoisotopic (exact) mass is 745 g/mol. The fraction of sp³-hybridized carbons (Fsp3) is 0.368. The smallest absolute Gasteiger partial charge is 0.293 e. The van der Waals surface area contributed by atoms with Crippen molar-refractivity contribution in [3.63, 3.8) is 0 Å². The molecule has 0 bridgehead atoms. The van der Waals surface area contributed by atoms with E-state index in [1.54, 1.807) is 0 Å². The Hall–Kier alpha value is -4.97. The third kappa shape index (κ3) is 6.96. The number of Topliss-reactive ketones (excluding diaryl/α,β-unsaturated/α-hetero) is 2. The van der Waals surface area contributed by atoms with E-state index >= 15 is 8.78 Å². The van der Waals surface area contributed by atoms with Crippen LogP contribution in [0.4, 0.5) is 39.5 Å². The van der Waals surface area contributed by atoms with Crippen molar-refractivity contribution >= 4 is 11.6 Å². The third-order valence-corrected chi connectivity index (χ3v) is 9.87. The summed E-state index contributed by atoms with van der Waals surface area (Å²) >= 11 is 0. The highest BCUT2D eigenvalue weighted by Gasteiger charge is 2.67. The molecule has 2 aromatic heterocycles. The summed E-state index contributed by atoms with van der Waals surface area (Å²) in [5.41, 5.74) is -3.84. The number of hydrogen-bond acceptors (Lipinski definition) is 5. The average molecular weight is 746 g/mol. The number of ketones is 2. The number of hydrogen-bond donors (Lipinski definition) is 1. The van der Waals surface area contributed by atoms with Crippen molar-refractivity contribution in [1.29, 1.82) is 0 Å². The van der Waals surface area contributed by atoms with Gasteiger partial charge in [-0.15, -0.1) is 0 Å². The molecule has 0 unspecified atom stereocenters. The maximum Gasteiger partial charge on any atom is 0.293 e. The van der Waals surface area contributed by atoms with Crippen LogP contribution in [0.15, 0.2) is 48.5 Å². The maximum atomic E-state index is 15.3. The Labute approximate surface area is 296 Å². The van der Waals surface area contributed by atoms with Gasteiger partial charge >= 0.3 is 0 Å². The van der Waals surface area contributed by atoms with Crippen LogP contribution < -0.4 is 0 Å². The zero-order valence-corrected chi connectivity index (χ0v) is 27.7. The Balaban J connectivity index is 1.32. The molecule has 4 aromatic rings. The Kier molecular flexibility index (Phi) is 8.83. The highest BCUT2D eigenvalue weighted by atomic mass is 19.3. The van der Waals surface area contributed by atoms with Crippen LogP contribution in [0.1, 0.15) is 95.1 Å². The fourth-order valence-corrected chi connectivity index (χ4v) is 7.50. The van der Waals surface area contributed by atoms with Crippen LogP contribution in [-0.4, -0.2) is 43.0 Å². The molecule has 2 aromatic carbocycles. The van der Waals surface area contributed by atoms with Crippen LogP contribution in [0.2, 0.25) is 0 Å². The van der Waals surface area contributed by atoms with Crippen molar-refractivity contribution in [2.45, 2.75) is 81.3 Å². The zero-order chi connectivity index (χ0) is 38.2. The van der Waals surface area contributed by atoms with Gasteiger partial charge in [0.05, 0.1) is 24.1 Å². The Morgan fingerprint density at radius 3 is 2.32 bits per heavy atom. The molecule has 2 saturated carbocycles. The number of pyridine rings is 1. The summed E-state index contributed by atoms with van der Waals surface area (Å²) < 4.78 is 129. The van der Waals surface area contributed by atoms with Crippen LogP contribution in [0.3, 0.4) is 0 Å². The molecule has 0 spiro atoms. The van der Waals surface area contributed by atoms with Crippen LogP contribution >= 0.6 is 0 Å². The van der Waals surface area contributed by atoms with Gasteiger partial charge in [0.2, 0.25) is 0 Å². The average Bonchev–Trinajstić information content (AvgIpc) is 3.70. The fourth-order valence-electron chi connectivity index (χ4n) is 7.50. The van der Waals surface area contributed by atoms with Gasteiger partial charge in [0, 0.05) is 35.4 Å². The summed E-state index contributed by atoms with van der Waals surface area (Å²) in [6.07, 6.45) is -5.91. The molecule has 276 valence electrons. The minimum Gasteiger partial charge on any atom is -0.377 e. The van der Waals surface area contributed by atoms with Crippen LogP contribution in [0, 0.1) is 35.2 Å². The summed E-state index contributed by atoms with van der Waals surface area (Å²) in [5, 5.41) is 14.1. The van der Waals surface area contributed by atoms with E-state index in [1.165, 1.54) is 24.3 Å². The molecule has 0 amide bonds. The van der Waals surface area contributed by atoms with E-state index in [-0.39, 0.29) is 52.0 Å². The highest BCUT2D eigenvalue weighted by Crippen LogP contribution is 2.68. The van der Waals surface area contributed by atoms with Crippen molar-refractivity contribution in [1.82, 2.24) is 14.8 Å². The van der Waals surface area contributed by atoms with Gasteiger partial charge in [-0.05, 0) is 79.1 Å². The number of carbonyl (C=O) groups excluding carboxylic acids is 2. The molecule has 15 heteroatoms. The first-order valence-corrected chi connectivity index (χ1v) is 16.5. The van der Waals surface area contributed by atoms with Gasteiger partial charge in [-0.1, -0.05) is 12.0 Å². The molecule has 53 heavy (non-hydrogen) atoms. The third-order valence-electron chi connectivity index (χ3n) is 9.87. The highest BCUT2D eigenvalue weighted by molar-refractivity contribution is 5.95. The number of aromatic nitrogens is 3. The predicted molar refractivity (Wildman–Crippen MR) is 170 cm³/mol. The number of nitrogens with zero attached hydrogens (tertiary/aromatic N) is 3. The number of alkyl halides is 6. The second-order valence-corrected chi connectivity index (χ2v) is 14.0. The van der Waals surface area contributed by atoms with Crippen LogP contribution in [0.25, 0.3) is 11.1 Å². The van der Waals surface area contributed by atoms with E-state index in [2.05, 4.69) is 21.9 Å². The lowest BCUT2D eigenvalue weighted by molar-refractivity contribution is -0.176. The SMILES string of the molecule is CC(=O)c1cc(-c2ccc(C#CC3(O)CC(F)(F)C3)nc2[C@@H](CC(=O)Cn2nc(C(F)F)c3c2C(F)(F)[C@@H]2C[C@H]32)Cc2cc(F)cc(F)c2)ccc1F. The predicted octanol–water partition coefficient (Wildman–Crippen LogP) is 8.21. The number of aliphatic hydroxyl groups is 1. The quantitative estimate of drug-likeness (QED) is 0.101. The summed E-state index contributed by atoms with van der Waals surface area (Å²) in [6, 6.07) is 8.90. The second kappa shape index (κ2) is 12.9. The first-order valence-electron chi connectivity index (χ1n) is 16.5. The molecular formula is C38H28F9N3O3. The summed E-state index contributed by atoms with van der Waals surface area (Å²) in [7, 11) is 0. The van der Waals surface area contributed by atoms with Crippen molar-refractivity contribution in [3.8, 4) is 23.0 Å². The van der Waals surface area contributed by atoms with E-state index in [1.807, 2.05) is 0 Å². The van der Waals surface area contributed by atoms with E-state index in [0.717, 1.165) is 25.1 Å². The van der Waals surface area contributed by atoms with Gasteiger partial charge in [0.25, 0.3) is 18.3 Å². The molecule has 3 aliphatic rings. The standard InChI is InChI=1S/C38H28F9N3O3/c1-18(51)27-12-20(2-5-30(27)41)26-4-3-24(6-7-36(53)16-37(44,45)17-36)48-32(26)21(8-19-9-22(39)13-23(40)10-19)11-25(52)15-50-34-31(33(49-50)35(42)43)28-14-29(28)38(34,46)47/h2-5,9-10,12-13,21,28-29,35,53H,8,11,14-17H2,1H3/t21-,28+,29-/m1/s1. The molecule has 6 nitrogen and oxygen atoms in total. The van der Waals surface area contributed by atoms with Gasteiger partial charge in [0.15, 0.2) is 11.6 Å². The van der Waals surface area contributed by atoms with E-state index in [0.29, 0.717) is 10.7 Å². The maximum absolute atomic E-state index is 15.3. The summed E-state index contributed by atoms with van der Waals surface area (Å²) in [4.78, 5) is 30.6. The molecule has 0 aliphatic heterocycles. The van der Waals surface area contributed by atoms with Gasteiger partial charge in [-0.25, -0.2) is 35.7 Å². The minimum atomic E-state index is -3.51. The number of fused-ring (bicyclic) bond motifs is 3. The summed E-state index contributed by atoms with van der Waals surface area (Å²) in [5.74, 6) is -9.04. The van der Waals surface area contributed by atoms with Crippen molar-refractivity contribution in [2.24, 2.45) is 5.92 Å². The first-order chi connectivity index (χ1) is 24.8. The van der Waals surface area contributed by atoms with Crippen molar-refractivity contribution < 1.29 is 54.2 Å². The number of carbonyl (C=O) groups is 2. The Morgan fingerprint density at radius 2 is 1.68 bits per heavy atom. The van der Waals surface area contributed by atoms with Gasteiger partial charge < -0.3 is 5.11 Å². The molecule has 2 fully saturated rings. The minimum absolute atomic E-state index is 0.00704. The van der Waals surface area contributed by atoms with E-state index in [4.69, 9.17) is 0 Å². The number of benzene rings is 2. The van der Waals surface area contributed by atoms with Crippen molar-refractivity contribution in [2.75, 3.05) is 0 Å². The molecule has 7 rings (SSSR count). The first kappa shape index (κ1) is 36.4. The molecule has 0 saturated heterocycles. The van der Waals surface area contributed by atoms with E-state index in [9.17, 15) is 45.4 Å². The second-order valence-electron chi connectivity index (χ2n) is 14.0.